The van der Waals surface area contributed by atoms with Gasteiger partial charge in [-0.1, -0.05) is 12.1 Å². The number of rotatable bonds is 9. The van der Waals surface area contributed by atoms with Gasteiger partial charge in [0.15, 0.2) is 0 Å². The molecule has 0 aliphatic heterocycles. The Balaban J connectivity index is 2.08. The third-order valence-electron chi connectivity index (χ3n) is 3.97. The molecule has 1 amide bonds. The fraction of sp³-hybridized carbons (Fsp3) is 0.286. The highest BCUT2D eigenvalue weighted by atomic mass is 16.5. The van der Waals surface area contributed by atoms with Crippen LogP contribution in [0, 0.1) is 0 Å². The molecule has 0 aliphatic carbocycles. The van der Waals surface area contributed by atoms with Gasteiger partial charge in [-0.3, -0.25) is 4.79 Å². The van der Waals surface area contributed by atoms with Crippen LogP contribution in [0.25, 0.3) is 0 Å². The molecule has 0 heterocycles. The van der Waals surface area contributed by atoms with Crippen molar-refractivity contribution < 1.29 is 19.1 Å². The Hall–Kier alpha value is -3.55. The van der Waals surface area contributed by atoms with Crippen LogP contribution in [-0.2, 0) is 14.3 Å². The zero-order valence-corrected chi connectivity index (χ0v) is 16.7. The van der Waals surface area contributed by atoms with Gasteiger partial charge >= 0.3 is 5.97 Å². The minimum Gasteiger partial charge on any atom is -0.464 e. The van der Waals surface area contributed by atoms with E-state index in [2.05, 4.69) is 15.5 Å². The summed E-state index contributed by atoms with van der Waals surface area (Å²) >= 11 is 0. The van der Waals surface area contributed by atoms with E-state index in [9.17, 15) is 14.4 Å². The third kappa shape index (κ3) is 6.53. The Morgan fingerprint density at radius 3 is 2.45 bits per heavy atom. The van der Waals surface area contributed by atoms with Gasteiger partial charge in [-0.05, 0) is 43.3 Å². The largest absolute Gasteiger partial charge is 0.464 e. The molecule has 0 spiro atoms. The van der Waals surface area contributed by atoms with E-state index in [4.69, 9.17) is 4.74 Å². The Labute approximate surface area is 169 Å². The van der Waals surface area contributed by atoms with Gasteiger partial charge in [0.25, 0.3) is 5.91 Å². The van der Waals surface area contributed by atoms with E-state index in [1.54, 1.807) is 24.3 Å². The maximum atomic E-state index is 12.6. The van der Waals surface area contributed by atoms with Crippen molar-refractivity contribution in [3.8, 4) is 0 Å². The van der Waals surface area contributed by atoms with Gasteiger partial charge in [0, 0.05) is 26.2 Å². The number of benzene rings is 2. The number of hydrogen-bond donors (Lipinski definition) is 1. The lowest BCUT2D eigenvalue weighted by Crippen LogP contribution is -2.39. The predicted molar refractivity (Wildman–Crippen MR) is 110 cm³/mol. The molecule has 0 saturated heterocycles. The molecule has 0 unspecified atom stereocenters. The molecule has 2 aromatic rings. The number of azo groups is 1. The van der Waals surface area contributed by atoms with Crippen molar-refractivity contribution in [1.29, 1.82) is 0 Å². The lowest BCUT2D eigenvalue weighted by molar-refractivity contribution is -0.145. The first kappa shape index (κ1) is 21.7. The summed E-state index contributed by atoms with van der Waals surface area (Å²) in [5.74, 6) is -1.08. The molecule has 29 heavy (non-hydrogen) atoms. The monoisotopic (exact) mass is 396 g/mol. The van der Waals surface area contributed by atoms with Crippen molar-refractivity contribution in [1.82, 2.24) is 5.32 Å². The minimum absolute atomic E-state index is 0.0139. The van der Waals surface area contributed by atoms with Gasteiger partial charge in [-0.25, -0.2) is 4.79 Å². The van der Waals surface area contributed by atoms with Crippen LogP contribution in [0.1, 0.15) is 23.7 Å². The smallest absolute Gasteiger partial charge is 0.328 e. The van der Waals surface area contributed by atoms with E-state index in [0.717, 1.165) is 5.69 Å². The summed E-state index contributed by atoms with van der Waals surface area (Å²) in [6.45, 7) is 1.50. The summed E-state index contributed by atoms with van der Waals surface area (Å²) in [5.41, 5.74) is 2.35. The first-order chi connectivity index (χ1) is 13.9. The first-order valence-electron chi connectivity index (χ1n) is 9.11. The van der Waals surface area contributed by atoms with E-state index in [1.165, 1.54) is 6.92 Å². The molecule has 8 heteroatoms. The van der Waals surface area contributed by atoms with Crippen LogP contribution in [0.2, 0.25) is 0 Å². The summed E-state index contributed by atoms with van der Waals surface area (Å²) in [4.78, 5) is 36.7. The second kappa shape index (κ2) is 10.7. The van der Waals surface area contributed by atoms with E-state index in [0.29, 0.717) is 17.7 Å². The number of nitrogens with zero attached hydrogens (tertiary/aromatic N) is 3. The molecule has 0 bridgehead atoms. The quantitative estimate of drug-likeness (QED) is 0.303. The molecule has 0 fully saturated rings. The molecule has 2 rings (SSSR count). The summed E-state index contributed by atoms with van der Waals surface area (Å²) < 4.78 is 4.91. The van der Waals surface area contributed by atoms with Crippen LogP contribution in [0.3, 0.4) is 0 Å². The number of hydrogen-bond acceptors (Lipinski definition) is 7. The highest BCUT2D eigenvalue weighted by molar-refractivity contribution is 6.00. The maximum absolute atomic E-state index is 12.6. The van der Waals surface area contributed by atoms with Crippen LogP contribution in [0.15, 0.2) is 58.8 Å². The molecule has 152 valence electrons. The Morgan fingerprint density at radius 2 is 1.79 bits per heavy atom. The molecule has 0 aliphatic rings. The van der Waals surface area contributed by atoms with Crippen molar-refractivity contribution in [2.75, 3.05) is 25.6 Å². The Bertz CT molecular complexity index is 879. The van der Waals surface area contributed by atoms with Crippen LogP contribution >= 0.6 is 0 Å². The fourth-order valence-electron chi connectivity index (χ4n) is 2.35. The second-order valence-corrected chi connectivity index (χ2v) is 6.45. The second-order valence-electron chi connectivity index (χ2n) is 6.45. The predicted octanol–water partition coefficient (Wildman–Crippen LogP) is 3.42. The van der Waals surface area contributed by atoms with E-state index in [-0.39, 0.29) is 18.6 Å². The number of anilines is 1. The van der Waals surface area contributed by atoms with Crippen LogP contribution in [0.4, 0.5) is 17.1 Å². The SMILES string of the molecule is C[C@H](NC(=O)c1ccccc1N=Nc1ccc(N(C)C)cc1)C(=O)OCCC=O. The van der Waals surface area contributed by atoms with Gasteiger partial charge in [0.05, 0.1) is 23.5 Å². The lowest BCUT2D eigenvalue weighted by atomic mass is 10.1. The molecule has 0 aromatic heterocycles. The topological polar surface area (TPSA) is 100 Å². The number of carbonyl (C=O) groups is 3. The Kier molecular flexibility index (Phi) is 8.02. The summed E-state index contributed by atoms with van der Waals surface area (Å²) in [5, 5.41) is 10.9. The van der Waals surface area contributed by atoms with Gasteiger partial charge in [0.2, 0.25) is 0 Å². The van der Waals surface area contributed by atoms with E-state index in [1.807, 2.05) is 43.3 Å². The van der Waals surface area contributed by atoms with Gasteiger partial charge in [-0.15, -0.1) is 5.11 Å². The zero-order valence-electron chi connectivity index (χ0n) is 16.7. The number of nitrogens with one attached hydrogen (secondary N) is 1. The summed E-state index contributed by atoms with van der Waals surface area (Å²) in [6, 6.07) is 13.4. The molecule has 1 N–H and O–H groups in total. The molecule has 0 saturated carbocycles. The van der Waals surface area contributed by atoms with Gasteiger partial charge in [0.1, 0.15) is 12.3 Å². The normalized spacial score (nSPS) is 11.7. The van der Waals surface area contributed by atoms with Crippen molar-refractivity contribution in [3.05, 3.63) is 54.1 Å². The van der Waals surface area contributed by atoms with Gasteiger partial charge in [-0.2, -0.15) is 5.11 Å². The fourth-order valence-corrected chi connectivity index (χ4v) is 2.35. The van der Waals surface area contributed by atoms with Crippen molar-refractivity contribution in [3.63, 3.8) is 0 Å². The average Bonchev–Trinajstić information content (AvgIpc) is 2.72. The standard InChI is InChI=1S/C21H24N4O4/c1-15(21(28)29-14-6-13-26)22-20(27)18-7-4-5-8-19(18)24-23-16-9-11-17(12-10-16)25(2)3/h4-5,7-13,15H,6,14H2,1-3H3,(H,22,27)/t15-/m0/s1. The van der Waals surface area contributed by atoms with Crippen LogP contribution < -0.4 is 10.2 Å². The van der Waals surface area contributed by atoms with Crippen LogP contribution in [0.5, 0.6) is 0 Å². The molecule has 1 atom stereocenters. The maximum Gasteiger partial charge on any atom is 0.328 e. The summed E-state index contributed by atoms with van der Waals surface area (Å²) in [7, 11) is 3.90. The van der Waals surface area contributed by atoms with Crippen molar-refractivity contribution in [2.45, 2.75) is 19.4 Å². The number of carbonyl (C=O) groups excluding carboxylic acids is 3. The number of amides is 1. The first-order valence-corrected chi connectivity index (χ1v) is 9.11. The molecular weight excluding hydrogens is 372 g/mol. The van der Waals surface area contributed by atoms with Crippen molar-refractivity contribution >= 4 is 35.2 Å². The highest BCUT2D eigenvalue weighted by Gasteiger charge is 2.19. The third-order valence-corrected chi connectivity index (χ3v) is 3.97. The molecule has 2 aromatic carbocycles. The number of aldehydes is 1. The Morgan fingerprint density at radius 1 is 1.10 bits per heavy atom. The van der Waals surface area contributed by atoms with Crippen molar-refractivity contribution in [2.24, 2.45) is 10.2 Å². The minimum atomic E-state index is -0.863. The molecule has 0 radical (unpaired) electrons. The molecular formula is C21H24N4O4. The summed E-state index contributed by atoms with van der Waals surface area (Å²) in [6.07, 6.45) is 0.775. The molecule has 8 nitrogen and oxygen atoms in total. The highest BCUT2D eigenvalue weighted by Crippen LogP contribution is 2.24. The number of ether oxygens (including phenoxy) is 1. The van der Waals surface area contributed by atoms with Crippen LogP contribution in [-0.4, -0.2) is 44.9 Å². The van der Waals surface area contributed by atoms with E-state index < -0.39 is 17.9 Å². The average molecular weight is 396 g/mol. The van der Waals surface area contributed by atoms with E-state index >= 15 is 0 Å². The zero-order chi connectivity index (χ0) is 21.2. The lowest BCUT2D eigenvalue weighted by Gasteiger charge is -2.13. The number of esters is 1. The van der Waals surface area contributed by atoms with Gasteiger partial charge < -0.3 is 19.7 Å².